The van der Waals surface area contributed by atoms with Crippen LogP contribution in [0.25, 0.3) is 10.2 Å². The average molecular weight is 327 g/mol. The standard InChI is InChI=1S/C15H9N3O2S2/c16-8-10-1-3-11(4-2-10)9-21-15-17-13-6-5-12(18(19)20)7-14(13)22-15/h1-7H,9H2. The van der Waals surface area contributed by atoms with Crippen molar-refractivity contribution in [2.75, 3.05) is 0 Å². The van der Waals surface area contributed by atoms with Crippen molar-refractivity contribution in [2.24, 2.45) is 0 Å². The van der Waals surface area contributed by atoms with Crippen molar-refractivity contribution in [3.63, 3.8) is 0 Å². The third kappa shape index (κ3) is 3.08. The first-order valence-electron chi connectivity index (χ1n) is 6.32. The van der Waals surface area contributed by atoms with E-state index in [-0.39, 0.29) is 5.69 Å². The molecule has 0 radical (unpaired) electrons. The number of nitro benzene ring substituents is 1. The van der Waals surface area contributed by atoms with E-state index in [0.29, 0.717) is 5.56 Å². The number of thioether (sulfide) groups is 1. The fourth-order valence-corrected chi connectivity index (χ4v) is 3.95. The highest BCUT2D eigenvalue weighted by Gasteiger charge is 2.10. The van der Waals surface area contributed by atoms with Gasteiger partial charge in [0.25, 0.3) is 5.69 Å². The molecule has 0 bridgehead atoms. The molecule has 1 heterocycles. The third-order valence-electron chi connectivity index (χ3n) is 3.01. The largest absolute Gasteiger partial charge is 0.270 e. The predicted octanol–water partition coefficient (Wildman–Crippen LogP) is 4.37. The molecule has 22 heavy (non-hydrogen) atoms. The quantitative estimate of drug-likeness (QED) is 0.404. The van der Waals surface area contributed by atoms with E-state index < -0.39 is 4.92 Å². The van der Waals surface area contributed by atoms with Crippen LogP contribution in [0.4, 0.5) is 5.69 Å². The van der Waals surface area contributed by atoms with E-state index in [4.69, 9.17) is 5.26 Å². The van der Waals surface area contributed by atoms with Crippen molar-refractivity contribution in [1.82, 2.24) is 4.98 Å². The number of nitriles is 1. The minimum Gasteiger partial charge on any atom is -0.258 e. The van der Waals surface area contributed by atoms with Gasteiger partial charge in [0, 0.05) is 17.9 Å². The van der Waals surface area contributed by atoms with Crippen molar-refractivity contribution >= 4 is 39.0 Å². The molecule has 5 nitrogen and oxygen atoms in total. The first kappa shape index (κ1) is 14.5. The van der Waals surface area contributed by atoms with Crippen LogP contribution in [0, 0.1) is 21.4 Å². The van der Waals surface area contributed by atoms with E-state index in [0.717, 1.165) is 25.9 Å². The van der Waals surface area contributed by atoms with E-state index in [2.05, 4.69) is 11.1 Å². The van der Waals surface area contributed by atoms with Gasteiger partial charge in [-0.05, 0) is 23.8 Å². The van der Waals surface area contributed by atoms with E-state index in [1.807, 2.05) is 12.1 Å². The average Bonchev–Trinajstić information content (AvgIpc) is 2.95. The van der Waals surface area contributed by atoms with Crippen LogP contribution >= 0.6 is 23.1 Å². The van der Waals surface area contributed by atoms with Gasteiger partial charge < -0.3 is 0 Å². The van der Waals surface area contributed by atoms with E-state index >= 15 is 0 Å². The molecule has 0 N–H and O–H groups in total. The molecule has 3 rings (SSSR count). The Morgan fingerprint density at radius 2 is 2.05 bits per heavy atom. The summed E-state index contributed by atoms with van der Waals surface area (Å²) in [6.07, 6.45) is 0. The number of hydrogen-bond donors (Lipinski definition) is 0. The molecule has 0 amide bonds. The SMILES string of the molecule is N#Cc1ccc(CSc2nc3ccc([N+](=O)[O-])cc3s2)cc1. The molecule has 0 fully saturated rings. The lowest BCUT2D eigenvalue weighted by atomic mass is 10.2. The Balaban J connectivity index is 1.76. The van der Waals surface area contributed by atoms with Gasteiger partial charge in [-0.2, -0.15) is 5.26 Å². The zero-order valence-electron chi connectivity index (χ0n) is 11.2. The molecular formula is C15H9N3O2S2. The van der Waals surface area contributed by atoms with Crippen LogP contribution in [0.1, 0.15) is 11.1 Å². The molecule has 0 spiro atoms. The summed E-state index contributed by atoms with van der Waals surface area (Å²) in [7, 11) is 0. The minimum atomic E-state index is -0.400. The minimum absolute atomic E-state index is 0.0831. The lowest BCUT2D eigenvalue weighted by Crippen LogP contribution is -1.85. The van der Waals surface area contributed by atoms with Gasteiger partial charge in [-0.15, -0.1) is 11.3 Å². The number of non-ortho nitro benzene ring substituents is 1. The van der Waals surface area contributed by atoms with E-state index in [9.17, 15) is 10.1 Å². The van der Waals surface area contributed by atoms with Gasteiger partial charge >= 0.3 is 0 Å². The molecule has 2 aromatic carbocycles. The fraction of sp³-hybridized carbons (Fsp3) is 0.0667. The molecule has 3 aromatic rings. The van der Waals surface area contributed by atoms with Crippen molar-refractivity contribution in [3.8, 4) is 6.07 Å². The van der Waals surface area contributed by atoms with Gasteiger partial charge in [-0.1, -0.05) is 23.9 Å². The monoisotopic (exact) mass is 327 g/mol. The second-order valence-corrected chi connectivity index (χ2v) is 6.74. The number of benzene rings is 2. The summed E-state index contributed by atoms with van der Waals surface area (Å²) in [5.41, 5.74) is 2.60. The summed E-state index contributed by atoms with van der Waals surface area (Å²) >= 11 is 3.03. The Labute approximate surface area is 134 Å². The van der Waals surface area contributed by atoms with Crippen molar-refractivity contribution in [3.05, 3.63) is 63.7 Å². The Kier molecular flexibility index (Phi) is 4.04. The molecule has 108 valence electrons. The van der Waals surface area contributed by atoms with Gasteiger partial charge in [0.15, 0.2) is 4.34 Å². The zero-order valence-corrected chi connectivity index (χ0v) is 12.9. The molecule has 0 aliphatic heterocycles. The smallest absolute Gasteiger partial charge is 0.258 e. The van der Waals surface area contributed by atoms with Gasteiger partial charge in [0.05, 0.1) is 26.8 Å². The summed E-state index contributed by atoms with van der Waals surface area (Å²) in [5, 5.41) is 19.5. The zero-order chi connectivity index (χ0) is 15.5. The van der Waals surface area contributed by atoms with Crippen LogP contribution in [0.2, 0.25) is 0 Å². The Hall–Kier alpha value is -2.43. The van der Waals surface area contributed by atoms with Crippen LogP contribution in [0.15, 0.2) is 46.8 Å². The Morgan fingerprint density at radius 1 is 1.27 bits per heavy atom. The van der Waals surface area contributed by atoms with Crippen LogP contribution in [-0.2, 0) is 5.75 Å². The Morgan fingerprint density at radius 3 is 2.73 bits per heavy atom. The number of nitro groups is 1. The number of hydrogen-bond acceptors (Lipinski definition) is 6. The highest BCUT2D eigenvalue weighted by molar-refractivity contribution is 8.00. The molecule has 1 aromatic heterocycles. The maximum Gasteiger partial charge on any atom is 0.270 e. The van der Waals surface area contributed by atoms with Gasteiger partial charge in [-0.25, -0.2) is 4.98 Å². The van der Waals surface area contributed by atoms with Crippen molar-refractivity contribution in [2.45, 2.75) is 10.1 Å². The fourth-order valence-electron chi connectivity index (χ4n) is 1.89. The number of nitrogens with zero attached hydrogens (tertiary/aromatic N) is 3. The summed E-state index contributed by atoms with van der Waals surface area (Å²) in [5.74, 6) is 0.744. The molecule has 0 saturated carbocycles. The second-order valence-electron chi connectivity index (χ2n) is 4.49. The van der Waals surface area contributed by atoms with E-state index in [1.165, 1.54) is 17.4 Å². The van der Waals surface area contributed by atoms with Crippen LogP contribution in [-0.4, -0.2) is 9.91 Å². The molecule has 0 aliphatic carbocycles. The summed E-state index contributed by atoms with van der Waals surface area (Å²) in [4.78, 5) is 14.8. The van der Waals surface area contributed by atoms with Crippen LogP contribution < -0.4 is 0 Å². The number of aromatic nitrogens is 1. The maximum absolute atomic E-state index is 10.8. The highest BCUT2D eigenvalue weighted by Crippen LogP contribution is 2.33. The molecular weight excluding hydrogens is 318 g/mol. The lowest BCUT2D eigenvalue weighted by Gasteiger charge is -1.98. The molecule has 0 atom stereocenters. The topological polar surface area (TPSA) is 79.8 Å². The van der Waals surface area contributed by atoms with Crippen molar-refractivity contribution < 1.29 is 4.92 Å². The predicted molar refractivity (Wildman–Crippen MR) is 87.0 cm³/mol. The first-order valence-corrected chi connectivity index (χ1v) is 8.13. The summed E-state index contributed by atoms with van der Waals surface area (Å²) in [6, 6.07) is 14.2. The second kappa shape index (κ2) is 6.13. The van der Waals surface area contributed by atoms with Gasteiger partial charge in [0.2, 0.25) is 0 Å². The molecule has 0 unspecified atom stereocenters. The van der Waals surface area contributed by atoms with Crippen LogP contribution in [0.3, 0.4) is 0 Å². The number of rotatable bonds is 4. The normalized spacial score (nSPS) is 10.5. The summed E-state index contributed by atoms with van der Waals surface area (Å²) < 4.78 is 1.69. The van der Waals surface area contributed by atoms with Gasteiger partial charge in [0.1, 0.15) is 0 Å². The first-order chi connectivity index (χ1) is 10.7. The van der Waals surface area contributed by atoms with Crippen molar-refractivity contribution in [1.29, 1.82) is 5.26 Å². The van der Waals surface area contributed by atoms with Crippen LogP contribution in [0.5, 0.6) is 0 Å². The Bertz CT molecular complexity index is 882. The third-order valence-corrected chi connectivity index (χ3v) is 5.24. The molecule has 7 heteroatoms. The highest BCUT2D eigenvalue weighted by atomic mass is 32.2. The number of thiazole rings is 1. The van der Waals surface area contributed by atoms with E-state index in [1.54, 1.807) is 36.0 Å². The number of fused-ring (bicyclic) bond motifs is 1. The summed E-state index contributed by atoms with van der Waals surface area (Å²) in [6.45, 7) is 0. The molecule has 0 aliphatic rings. The van der Waals surface area contributed by atoms with Gasteiger partial charge in [-0.3, -0.25) is 10.1 Å². The maximum atomic E-state index is 10.8. The molecule has 0 saturated heterocycles. The lowest BCUT2D eigenvalue weighted by molar-refractivity contribution is -0.384.